The molecule has 21 heavy (non-hydrogen) atoms. The Balaban J connectivity index is 1.69. The molecule has 3 rings (SSSR count). The summed E-state index contributed by atoms with van der Waals surface area (Å²) in [6.45, 7) is 0.698. The van der Waals surface area contributed by atoms with Crippen LogP contribution in [0.4, 0.5) is 5.69 Å². The summed E-state index contributed by atoms with van der Waals surface area (Å²) in [4.78, 5) is 31.9. The molecular weight excluding hydrogens is 354 g/mol. The number of carbonyl (C=O) groups excluding carboxylic acids is 1. The number of hydrogen-bond acceptors (Lipinski definition) is 4. The molecule has 1 aromatic heterocycles. The highest BCUT2D eigenvalue weighted by molar-refractivity contribution is 9.10. The van der Waals surface area contributed by atoms with Crippen molar-refractivity contribution in [2.24, 2.45) is 0 Å². The Morgan fingerprint density at radius 2 is 2.29 bits per heavy atom. The maximum atomic E-state index is 12.3. The van der Waals surface area contributed by atoms with Gasteiger partial charge in [-0.3, -0.25) is 9.59 Å². The maximum Gasteiger partial charge on any atom is 0.251 e. The number of carbonyl (C=O) groups is 1. The average molecular weight is 366 g/mol. The summed E-state index contributed by atoms with van der Waals surface area (Å²) in [5, 5.41) is 0.464. The number of H-pyrrole nitrogens is 1. The van der Waals surface area contributed by atoms with Crippen LogP contribution in [0.5, 0.6) is 0 Å². The van der Waals surface area contributed by atoms with Gasteiger partial charge in [-0.25, -0.2) is 4.98 Å². The molecule has 1 aliphatic heterocycles. The van der Waals surface area contributed by atoms with Gasteiger partial charge in [0.1, 0.15) is 0 Å². The zero-order chi connectivity index (χ0) is 14.8. The van der Waals surface area contributed by atoms with Crippen LogP contribution in [0, 0.1) is 0 Å². The van der Waals surface area contributed by atoms with Gasteiger partial charge < -0.3 is 9.88 Å². The SMILES string of the molecule is O=C(CSc1nccc(=O)[nH]1)N1CCc2cc(Br)ccc21. The Kier molecular flexibility index (Phi) is 4.12. The lowest BCUT2D eigenvalue weighted by Gasteiger charge is -2.16. The largest absolute Gasteiger partial charge is 0.311 e. The van der Waals surface area contributed by atoms with Gasteiger partial charge in [-0.1, -0.05) is 27.7 Å². The number of nitrogens with one attached hydrogen (secondary N) is 1. The molecular formula is C14H12BrN3O2S. The Morgan fingerprint density at radius 3 is 3.10 bits per heavy atom. The number of nitrogens with zero attached hydrogens (tertiary/aromatic N) is 2. The quantitative estimate of drug-likeness (QED) is 0.668. The van der Waals surface area contributed by atoms with Crippen LogP contribution in [0.25, 0.3) is 0 Å². The Morgan fingerprint density at radius 1 is 1.43 bits per heavy atom. The first kappa shape index (κ1) is 14.3. The normalized spacial score (nSPS) is 13.3. The van der Waals surface area contributed by atoms with E-state index in [0.29, 0.717) is 11.7 Å². The summed E-state index contributed by atoms with van der Waals surface area (Å²) >= 11 is 4.68. The van der Waals surface area contributed by atoms with Gasteiger partial charge in [-0.2, -0.15) is 0 Å². The predicted molar refractivity (Wildman–Crippen MR) is 85.8 cm³/mol. The molecule has 0 fully saturated rings. The topological polar surface area (TPSA) is 66.1 Å². The molecule has 0 saturated heterocycles. The highest BCUT2D eigenvalue weighted by Crippen LogP contribution is 2.31. The van der Waals surface area contributed by atoms with Crippen LogP contribution in [0.3, 0.4) is 0 Å². The number of halogens is 1. The molecule has 0 radical (unpaired) electrons. The molecule has 0 bridgehead atoms. The molecule has 5 nitrogen and oxygen atoms in total. The summed E-state index contributed by atoms with van der Waals surface area (Å²) in [5.41, 5.74) is 1.93. The van der Waals surface area contributed by atoms with Crippen LogP contribution >= 0.6 is 27.7 Å². The van der Waals surface area contributed by atoms with E-state index < -0.39 is 0 Å². The zero-order valence-corrected chi connectivity index (χ0v) is 13.4. The summed E-state index contributed by atoms with van der Waals surface area (Å²) in [5.74, 6) is 0.273. The van der Waals surface area contributed by atoms with Crippen molar-refractivity contribution < 1.29 is 4.79 Å². The van der Waals surface area contributed by atoms with E-state index in [4.69, 9.17) is 0 Å². The highest BCUT2D eigenvalue weighted by Gasteiger charge is 2.24. The van der Waals surface area contributed by atoms with E-state index in [1.54, 1.807) is 4.90 Å². The van der Waals surface area contributed by atoms with Crippen LogP contribution in [0.2, 0.25) is 0 Å². The predicted octanol–water partition coefficient (Wildman–Crippen LogP) is 2.21. The molecule has 1 aliphatic rings. The third-order valence-electron chi connectivity index (χ3n) is 3.22. The number of amides is 1. The molecule has 2 aromatic rings. The fraction of sp³-hybridized carbons (Fsp3) is 0.214. The first-order valence-electron chi connectivity index (χ1n) is 6.40. The molecule has 7 heteroatoms. The second kappa shape index (κ2) is 6.03. The fourth-order valence-corrected chi connectivity index (χ4v) is 3.40. The first-order chi connectivity index (χ1) is 10.1. The van der Waals surface area contributed by atoms with Gasteiger partial charge in [0, 0.05) is 29.0 Å². The van der Waals surface area contributed by atoms with Crippen molar-refractivity contribution in [1.29, 1.82) is 0 Å². The minimum atomic E-state index is -0.212. The van der Waals surface area contributed by atoms with E-state index in [1.165, 1.54) is 29.6 Å². The summed E-state index contributed by atoms with van der Waals surface area (Å²) < 4.78 is 1.02. The van der Waals surface area contributed by atoms with E-state index in [-0.39, 0.29) is 17.2 Å². The molecule has 0 spiro atoms. The molecule has 0 aliphatic carbocycles. The lowest BCUT2D eigenvalue weighted by atomic mass is 10.2. The van der Waals surface area contributed by atoms with E-state index in [1.807, 2.05) is 18.2 Å². The minimum Gasteiger partial charge on any atom is -0.311 e. The van der Waals surface area contributed by atoms with Crippen LogP contribution in [0.15, 0.2) is 44.9 Å². The molecule has 0 atom stereocenters. The van der Waals surface area contributed by atoms with Crippen molar-refractivity contribution in [2.45, 2.75) is 11.6 Å². The van der Waals surface area contributed by atoms with Crippen LogP contribution < -0.4 is 10.5 Å². The van der Waals surface area contributed by atoms with Crippen molar-refractivity contribution in [3.63, 3.8) is 0 Å². The third-order valence-corrected chi connectivity index (χ3v) is 4.58. The van der Waals surface area contributed by atoms with Crippen molar-refractivity contribution in [3.05, 3.63) is 50.9 Å². The van der Waals surface area contributed by atoms with Crippen molar-refractivity contribution in [2.75, 3.05) is 17.2 Å². The number of aromatic amines is 1. The molecule has 2 heterocycles. The number of anilines is 1. The summed E-state index contributed by atoms with van der Waals surface area (Å²) in [6, 6.07) is 7.29. The van der Waals surface area contributed by atoms with Gasteiger partial charge in [0.25, 0.3) is 5.56 Å². The number of fused-ring (bicyclic) bond motifs is 1. The monoisotopic (exact) mass is 365 g/mol. The lowest BCUT2D eigenvalue weighted by molar-refractivity contribution is -0.116. The maximum absolute atomic E-state index is 12.3. The summed E-state index contributed by atoms with van der Waals surface area (Å²) in [7, 11) is 0. The third kappa shape index (κ3) is 3.19. The van der Waals surface area contributed by atoms with E-state index >= 15 is 0 Å². The standard InChI is InChI=1S/C14H12BrN3O2S/c15-10-1-2-11-9(7-10)4-6-18(11)13(20)8-21-14-16-5-3-12(19)17-14/h1-3,5,7H,4,6,8H2,(H,16,17,19). The molecule has 1 amide bonds. The van der Waals surface area contributed by atoms with E-state index in [2.05, 4.69) is 25.9 Å². The number of rotatable bonds is 3. The van der Waals surface area contributed by atoms with Crippen molar-refractivity contribution in [1.82, 2.24) is 9.97 Å². The molecule has 108 valence electrons. The van der Waals surface area contributed by atoms with Crippen molar-refractivity contribution >= 4 is 39.3 Å². The number of aromatic nitrogens is 2. The Labute approximate surface area is 133 Å². The van der Waals surface area contributed by atoms with Gasteiger partial charge in [0.2, 0.25) is 5.91 Å². The van der Waals surface area contributed by atoms with Crippen LogP contribution in [-0.2, 0) is 11.2 Å². The first-order valence-corrected chi connectivity index (χ1v) is 8.18. The number of thioether (sulfide) groups is 1. The Hall–Kier alpha value is -1.60. The molecule has 0 unspecified atom stereocenters. The van der Waals surface area contributed by atoms with Gasteiger partial charge in [-0.05, 0) is 30.2 Å². The Bertz CT molecular complexity index is 747. The fourth-order valence-electron chi connectivity index (χ4n) is 2.26. The molecule has 0 saturated carbocycles. The highest BCUT2D eigenvalue weighted by atomic mass is 79.9. The van der Waals surface area contributed by atoms with Crippen LogP contribution in [0.1, 0.15) is 5.56 Å². The van der Waals surface area contributed by atoms with Crippen molar-refractivity contribution in [3.8, 4) is 0 Å². The zero-order valence-electron chi connectivity index (χ0n) is 11.0. The second-order valence-corrected chi connectivity index (χ2v) is 6.48. The number of benzene rings is 1. The van der Waals surface area contributed by atoms with Gasteiger partial charge in [0.15, 0.2) is 5.16 Å². The number of hydrogen-bond donors (Lipinski definition) is 1. The average Bonchev–Trinajstić information content (AvgIpc) is 2.88. The smallest absolute Gasteiger partial charge is 0.251 e. The second-order valence-electron chi connectivity index (χ2n) is 4.60. The van der Waals surface area contributed by atoms with E-state index in [9.17, 15) is 9.59 Å². The molecule has 1 aromatic carbocycles. The molecule has 1 N–H and O–H groups in total. The lowest BCUT2D eigenvalue weighted by Crippen LogP contribution is -2.30. The van der Waals surface area contributed by atoms with Gasteiger partial charge in [0.05, 0.1) is 5.75 Å². The van der Waals surface area contributed by atoms with Crippen LogP contribution in [-0.4, -0.2) is 28.2 Å². The van der Waals surface area contributed by atoms with Gasteiger partial charge >= 0.3 is 0 Å². The summed E-state index contributed by atoms with van der Waals surface area (Å²) in [6.07, 6.45) is 2.31. The minimum absolute atomic E-state index is 0.0209. The van der Waals surface area contributed by atoms with E-state index in [0.717, 1.165) is 16.6 Å². The van der Waals surface area contributed by atoms with Gasteiger partial charge in [-0.15, -0.1) is 0 Å².